The van der Waals surface area contributed by atoms with E-state index in [1.165, 1.54) is 6.20 Å². The molecule has 4 aromatic heterocycles. The van der Waals surface area contributed by atoms with Crippen molar-refractivity contribution in [3.63, 3.8) is 0 Å². The van der Waals surface area contributed by atoms with E-state index in [-0.39, 0.29) is 11.1 Å². The van der Waals surface area contributed by atoms with E-state index in [1.807, 2.05) is 37.3 Å². The van der Waals surface area contributed by atoms with Crippen LogP contribution >= 0.6 is 0 Å². The van der Waals surface area contributed by atoms with Gasteiger partial charge in [-0.05, 0) is 18.4 Å². The van der Waals surface area contributed by atoms with E-state index in [4.69, 9.17) is 6.57 Å². The molecule has 10 nitrogen and oxygen atoms in total. The second-order valence-corrected chi connectivity index (χ2v) is 8.42. The summed E-state index contributed by atoms with van der Waals surface area (Å²) in [6.07, 6.45) is 3.19. The third kappa shape index (κ3) is 3.02. The molecule has 0 aliphatic heterocycles. The fraction of sp³-hybridized carbons (Fsp3) is 0.227. The highest BCUT2D eigenvalue weighted by molar-refractivity contribution is 5.89. The van der Waals surface area contributed by atoms with Crippen molar-refractivity contribution >= 4 is 33.6 Å². The lowest BCUT2D eigenvalue weighted by molar-refractivity contribution is 0.561. The Balaban J connectivity index is 1.70. The number of azo groups is 1. The van der Waals surface area contributed by atoms with Crippen LogP contribution in [0.2, 0.25) is 0 Å². The highest BCUT2D eigenvalue weighted by Crippen LogP contribution is 2.37. The fourth-order valence-corrected chi connectivity index (χ4v) is 3.57. The molecule has 0 saturated carbocycles. The number of hydrogen-bond donors (Lipinski definition) is 1. The van der Waals surface area contributed by atoms with E-state index in [2.05, 4.69) is 61.2 Å². The van der Waals surface area contributed by atoms with Gasteiger partial charge in [-0.2, -0.15) is 5.10 Å². The molecule has 158 valence electrons. The number of H-pyrrole nitrogens is 1. The molecule has 0 aliphatic carbocycles. The average Bonchev–Trinajstić information content (AvgIpc) is 3.46. The van der Waals surface area contributed by atoms with Crippen molar-refractivity contribution in [2.24, 2.45) is 10.2 Å². The predicted molar refractivity (Wildman–Crippen MR) is 120 cm³/mol. The Morgan fingerprint density at radius 1 is 1.09 bits per heavy atom. The maximum Gasteiger partial charge on any atom is 0.252 e. The van der Waals surface area contributed by atoms with Gasteiger partial charge in [0, 0.05) is 17.0 Å². The minimum atomic E-state index is -0.235. The Hall–Kier alpha value is -4.39. The number of nitrogens with one attached hydrogen (secondary N) is 1. The maximum absolute atomic E-state index is 7.57. The third-order valence-corrected chi connectivity index (χ3v) is 5.19. The minimum Gasteiger partial charge on any atom is -0.292 e. The summed E-state index contributed by atoms with van der Waals surface area (Å²) in [4.78, 5) is 8.08. The summed E-state index contributed by atoms with van der Waals surface area (Å²) < 4.78 is 3.34. The van der Waals surface area contributed by atoms with E-state index in [0.717, 1.165) is 22.3 Å². The highest BCUT2D eigenvalue weighted by atomic mass is 15.4. The van der Waals surface area contributed by atoms with Crippen molar-refractivity contribution in [1.82, 2.24) is 34.6 Å². The van der Waals surface area contributed by atoms with Crippen molar-refractivity contribution in [2.45, 2.75) is 33.1 Å². The number of aromatic amines is 1. The zero-order valence-corrected chi connectivity index (χ0v) is 18.1. The molecule has 5 aromatic rings. The van der Waals surface area contributed by atoms with Crippen molar-refractivity contribution in [1.29, 1.82) is 0 Å². The molecule has 1 aromatic carbocycles. The van der Waals surface area contributed by atoms with Crippen LogP contribution in [0.25, 0.3) is 27.1 Å². The molecule has 0 bridgehead atoms. The molecule has 0 radical (unpaired) electrons. The van der Waals surface area contributed by atoms with Gasteiger partial charge < -0.3 is 0 Å². The van der Waals surface area contributed by atoms with Gasteiger partial charge in [0.15, 0.2) is 17.3 Å². The molecule has 5 rings (SSSR count). The summed E-state index contributed by atoms with van der Waals surface area (Å²) in [7, 11) is 0. The summed E-state index contributed by atoms with van der Waals surface area (Å²) in [5.41, 5.74) is 2.07. The van der Waals surface area contributed by atoms with Crippen molar-refractivity contribution in [2.75, 3.05) is 0 Å². The van der Waals surface area contributed by atoms with Crippen LogP contribution < -0.4 is 0 Å². The molecule has 1 N–H and O–H groups in total. The lowest BCUT2D eigenvalue weighted by Crippen LogP contribution is -2.12. The number of nitrogens with zero attached hydrogens (tertiary/aromatic N) is 9. The molecule has 0 atom stereocenters. The summed E-state index contributed by atoms with van der Waals surface area (Å²) in [6.45, 7) is 15.7. The van der Waals surface area contributed by atoms with Gasteiger partial charge in [-0.3, -0.25) is 5.10 Å². The van der Waals surface area contributed by atoms with Crippen LogP contribution in [-0.4, -0.2) is 34.6 Å². The topological polar surface area (TPSA) is 106 Å². The van der Waals surface area contributed by atoms with Gasteiger partial charge in [0.25, 0.3) is 5.69 Å². The normalized spacial score (nSPS) is 12.2. The monoisotopic (exact) mass is 424 g/mol. The summed E-state index contributed by atoms with van der Waals surface area (Å²) in [6, 6.07) is 9.80. The molecule has 0 aliphatic rings. The number of benzene rings is 1. The Morgan fingerprint density at radius 3 is 2.69 bits per heavy atom. The summed E-state index contributed by atoms with van der Waals surface area (Å²) in [5.74, 6) is 1.61. The van der Waals surface area contributed by atoms with Gasteiger partial charge >= 0.3 is 0 Å². The molecular formula is C22H20N10. The lowest BCUT2D eigenvalue weighted by atomic mass is 9.91. The van der Waals surface area contributed by atoms with Crippen LogP contribution in [0, 0.1) is 13.5 Å². The number of aromatic nitrogens is 7. The first-order chi connectivity index (χ1) is 15.4. The van der Waals surface area contributed by atoms with Gasteiger partial charge in [0.1, 0.15) is 5.82 Å². The van der Waals surface area contributed by atoms with Gasteiger partial charge in [-0.15, -0.1) is 20.4 Å². The van der Waals surface area contributed by atoms with E-state index in [9.17, 15) is 0 Å². The molecule has 10 heteroatoms. The molecule has 32 heavy (non-hydrogen) atoms. The zero-order chi connectivity index (χ0) is 22.5. The Morgan fingerprint density at radius 2 is 1.91 bits per heavy atom. The number of pyridine rings is 1. The first-order valence-corrected chi connectivity index (χ1v) is 10.0. The molecule has 0 saturated heterocycles. The van der Waals surface area contributed by atoms with Gasteiger partial charge in [0.2, 0.25) is 5.65 Å². The standard InChI is InChI=1S/C22H20N10/c1-13-26-29-21-17(18(22(2,3)4)30-31(13)21)27-28-20-16(23-5)12-25-32(20)19-15-9-7-6-8-14(15)10-11-24-19/h6-12,30H,1-4H3. The van der Waals surface area contributed by atoms with E-state index in [0.29, 0.717) is 23.0 Å². The third-order valence-electron chi connectivity index (χ3n) is 5.19. The van der Waals surface area contributed by atoms with Crippen LogP contribution in [0.3, 0.4) is 0 Å². The summed E-state index contributed by atoms with van der Waals surface area (Å²) >= 11 is 0. The number of fused-ring (bicyclic) bond motifs is 2. The van der Waals surface area contributed by atoms with E-state index >= 15 is 0 Å². The highest BCUT2D eigenvalue weighted by Gasteiger charge is 2.26. The van der Waals surface area contributed by atoms with Crippen molar-refractivity contribution in [3.8, 4) is 5.82 Å². The minimum absolute atomic E-state index is 0.235. The van der Waals surface area contributed by atoms with Gasteiger partial charge in [0.05, 0.1) is 18.5 Å². The van der Waals surface area contributed by atoms with Crippen LogP contribution in [0.1, 0.15) is 32.3 Å². The van der Waals surface area contributed by atoms with Crippen LogP contribution in [-0.2, 0) is 5.41 Å². The molecule has 0 amide bonds. The van der Waals surface area contributed by atoms with Crippen molar-refractivity contribution in [3.05, 3.63) is 65.7 Å². The molecule has 0 unspecified atom stereocenters. The number of rotatable bonds is 3. The van der Waals surface area contributed by atoms with Crippen LogP contribution in [0.15, 0.2) is 53.0 Å². The summed E-state index contributed by atoms with van der Waals surface area (Å²) in [5, 5.41) is 27.0. The largest absolute Gasteiger partial charge is 0.292 e. The van der Waals surface area contributed by atoms with Crippen molar-refractivity contribution < 1.29 is 0 Å². The fourth-order valence-electron chi connectivity index (χ4n) is 3.57. The van der Waals surface area contributed by atoms with Gasteiger partial charge in [-0.25, -0.2) is 19.0 Å². The quantitative estimate of drug-likeness (QED) is 0.311. The van der Waals surface area contributed by atoms with E-state index < -0.39 is 0 Å². The second kappa shape index (κ2) is 7.09. The number of aryl methyl sites for hydroxylation is 1. The SMILES string of the molecule is [C-]#[N+]c1cnn(-c2nccc3ccccc23)c1N=Nc1c(C(C)(C)C)[nH]n2c(C)nnc12. The average molecular weight is 424 g/mol. The Labute approximate surface area is 183 Å². The predicted octanol–water partition coefficient (Wildman–Crippen LogP) is 5.36. The first kappa shape index (κ1) is 19.6. The molecule has 0 fully saturated rings. The molecule has 0 spiro atoms. The smallest absolute Gasteiger partial charge is 0.252 e. The Bertz CT molecular complexity index is 1530. The Kier molecular flexibility index (Phi) is 4.34. The number of hydrogen-bond acceptors (Lipinski definition) is 6. The molecule has 4 heterocycles. The zero-order valence-electron chi connectivity index (χ0n) is 18.1. The molecular weight excluding hydrogens is 404 g/mol. The van der Waals surface area contributed by atoms with E-state index in [1.54, 1.807) is 15.4 Å². The van der Waals surface area contributed by atoms with Gasteiger partial charge in [-0.1, -0.05) is 45.0 Å². The van der Waals surface area contributed by atoms with Crippen LogP contribution in [0.4, 0.5) is 17.2 Å². The second-order valence-electron chi connectivity index (χ2n) is 8.42. The lowest BCUT2D eigenvalue weighted by Gasteiger charge is -2.16. The maximum atomic E-state index is 7.57. The first-order valence-electron chi connectivity index (χ1n) is 10.0. The van der Waals surface area contributed by atoms with Crippen LogP contribution in [0.5, 0.6) is 0 Å².